The van der Waals surface area contributed by atoms with Gasteiger partial charge in [0.25, 0.3) is 0 Å². The monoisotopic (exact) mass is 361 g/mol. The Morgan fingerprint density at radius 2 is 1.23 bits per heavy atom. The fraction of sp³-hybridized carbons (Fsp3) is 0.250. The van der Waals surface area contributed by atoms with Crippen molar-refractivity contribution in [2.75, 3.05) is 0 Å². The molecule has 3 N–H and O–H groups in total. The molecule has 2 aromatic carbocycles. The zero-order valence-corrected chi connectivity index (χ0v) is 13.3. The second kappa shape index (κ2) is 6.58. The average Bonchev–Trinajstić information content (AvgIpc) is 2.97. The molecule has 2 unspecified atom stereocenters. The number of aromatic hydroxyl groups is 2. The molecule has 0 spiro atoms. The Labute approximate surface area is 146 Å². The third-order valence-electron chi connectivity index (χ3n) is 4.51. The lowest BCUT2D eigenvalue weighted by molar-refractivity contribution is -0.386. The van der Waals surface area contributed by atoms with Crippen LogP contribution in [-0.2, 0) is 0 Å². The van der Waals surface area contributed by atoms with Gasteiger partial charge in [-0.25, -0.2) is 0 Å². The van der Waals surface area contributed by atoms with Crippen LogP contribution in [0.2, 0.25) is 0 Å². The first-order valence-electron chi connectivity index (χ1n) is 7.71. The number of nitrogens with zero attached hydrogens (tertiary/aromatic N) is 3. The topological polar surface area (TPSA) is 150 Å². The minimum atomic E-state index is -0.712. The van der Waals surface area contributed by atoms with E-state index in [1.165, 1.54) is 36.4 Å². The van der Waals surface area contributed by atoms with Gasteiger partial charge in [-0.05, 0) is 36.1 Å². The number of phenols is 2. The van der Waals surface area contributed by atoms with Crippen molar-refractivity contribution in [2.45, 2.75) is 24.9 Å². The van der Waals surface area contributed by atoms with E-state index in [4.69, 9.17) is 0 Å². The second-order valence-electron chi connectivity index (χ2n) is 6.00. The number of hydrogen-bond donors (Lipinski definition) is 3. The summed E-state index contributed by atoms with van der Waals surface area (Å²) in [6.07, 6.45) is 0.912. The molecule has 1 heterocycles. The maximum absolute atomic E-state index is 11.0. The molecule has 1 aliphatic rings. The van der Waals surface area contributed by atoms with Crippen molar-refractivity contribution in [3.05, 3.63) is 67.8 Å². The minimum absolute atomic E-state index is 0.452. The van der Waals surface area contributed by atoms with E-state index in [2.05, 4.69) is 0 Å². The molecule has 0 aromatic heterocycles. The van der Waals surface area contributed by atoms with E-state index < -0.39 is 44.8 Å². The highest BCUT2D eigenvalue weighted by atomic mass is 16.6. The smallest absolute Gasteiger partial charge is 0.311 e. The van der Waals surface area contributed by atoms with E-state index in [1.54, 1.807) is 0 Å². The van der Waals surface area contributed by atoms with Gasteiger partial charge in [0.2, 0.25) is 0 Å². The standard InChI is InChI=1S/C16H15N3O7/c20-15-5-1-9(7-13(15)18(23)24)11-3-4-12(17(11)22)10-2-6-16(21)14(8-10)19(25)26/h1-2,5-8,11-12,20-22H,3-4H2. The van der Waals surface area contributed by atoms with E-state index in [0.717, 1.165) is 5.06 Å². The SMILES string of the molecule is O=[N+]([O-])c1cc(C2CCC(c3ccc(O)c([N+](=O)[O-])c3)N2O)ccc1O. The van der Waals surface area contributed by atoms with Crippen LogP contribution in [0.3, 0.4) is 0 Å². The van der Waals surface area contributed by atoms with Crippen molar-refractivity contribution in [1.29, 1.82) is 0 Å². The van der Waals surface area contributed by atoms with Gasteiger partial charge in [0, 0.05) is 12.1 Å². The summed E-state index contributed by atoms with van der Waals surface area (Å²) >= 11 is 0. The molecule has 0 aliphatic carbocycles. The minimum Gasteiger partial charge on any atom is -0.502 e. The molecular weight excluding hydrogens is 346 g/mol. The first-order chi connectivity index (χ1) is 12.3. The number of benzene rings is 2. The number of rotatable bonds is 4. The number of hydrogen-bond acceptors (Lipinski definition) is 8. The Morgan fingerprint density at radius 1 is 0.846 bits per heavy atom. The molecule has 1 aliphatic heterocycles. The Balaban J connectivity index is 1.90. The van der Waals surface area contributed by atoms with Gasteiger partial charge in [0.15, 0.2) is 11.5 Å². The van der Waals surface area contributed by atoms with Gasteiger partial charge in [0.05, 0.1) is 21.9 Å². The molecule has 26 heavy (non-hydrogen) atoms. The van der Waals surface area contributed by atoms with E-state index in [-0.39, 0.29) is 0 Å². The van der Waals surface area contributed by atoms with Gasteiger partial charge in [0.1, 0.15) is 0 Å². The maximum Gasteiger partial charge on any atom is 0.311 e. The molecule has 0 amide bonds. The Kier molecular flexibility index (Phi) is 4.45. The summed E-state index contributed by atoms with van der Waals surface area (Å²) in [5.74, 6) is -0.932. The largest absolute Gasteiger partial charge is 0.502 e. The number of phenolic OH excluding ortho intramolecular Hbond substituents is 2. The second-order valence-corrected chi connectivity index (χ2v) is 6.00. The molecule has 10 nitrogen and oxygen atoms in total. The predicted octanol–water partition coefficient (Wildman–Crippen LogP) is 3.18. The summed E-state index contributed by atoms with van der Waals surface area (Å²) in [5, 5.41) is 52.6. The lowest BCUT2D eigenvalue weighted by Crippen LogP contribution is -2.22. The molecule has 3 rings (SSSR count). The van der Waals surface area contributed by atoms with Crippen LogP contribution in [0, 0.1) is 20.2 Å². The van der Waals surface area contributed by atoms with Crippen LogP contribution in [0.15, 0.2) is 36.4 Å². The highest BCUT2D eigenvalue weighted by Gasteiger charge is 2.36. The van der Waals surface area contributed by atoms with Gasteiger partial charge in [-0.3, -0.25) is 20.2 Å². The van der Waals surface area contributed by atoms with Crippen LogP contribution in [0.25, 0.3) is 0 Å². The fourth-order valence-electron chi connectivity index (χ4n) is 3.22. The van der Waals surface area contributed by atoms with Crippen LogP contribution >= 0.6 is 0 Å². The van der Waals surface area contributed by atoms with E-state index in [1.807, 2.05) is 0 Å². The molecule has 1 saturated heterocycles. The van der Waals surface area contributed by atoms with Gasteiger partial charge < -0.3 is 15.4 Å². The third-order valence-corrected chi connectivity index (χ3v) is 4.51. The van der Waals surface area contributed by atoms with Crippen LogP contribution < -0.4 is 0 Å². The Hall–Kier alpha value is -3.24. The van der Waals surface area contributed by atoms with E-state index >= 15 is 0 Å². The van der Waals surface area contributed by atoms with Crippen molar-refractivity contribution in [3.63, 3.8) is 0 Å². The van der Waals surface area contributed by atoms with Crippen molar-refractivity contribution < 1.29 is 25.3 Å². The first-order valence-corrected chi connectivity index (χ1v) is 7.71. The average molecular weight is 361 g/mol. The predicted molar refractivity (Wildman–Crippen MR) is 87.9 cm³/mol. The maximum atomic E-state index is 11.0. The summed E-state index contributed by atoms with van der Waals surface area (Å²) in [6.45, 7) is 0. The zero-order valence-electron chi connectivity index (χ0n) is 13.3. The van der Waals surface area contributed by atoms with Gasteiger partial charge >= 0.3 is 11.4 Å². The summed E-state index contributed by atoms with van der Waals surface area (Å²) < 4.78 is 0. The fourth-order valence-corrected chi connectivity index (χ4v) is 3.22. The summed E-state index contributed by atoms with van der Waals surface area (Å²) in [6, 6.07) is 6.63. The molecule has 10 heteroatoms. The Bertz CT molecular complexity index is 815. The first kappa shape index (κ1) is 17.6. The third kappa shape index (κ3) is 3.03. The number of nitro groups is 2. The Morgan fingerprint density at radius 3 is 1.58 bits per heavy atom. The summed E-state index contributed by atoms with van der Waals surface area (Å²) in [4.78, 5) is 20.5. The van der Waals surface area contributed by atoms with Gasteiger partial charge in [-0.15, -0.1) is 0 Å². The lowest BCUT2D eigenvalue weighted by atomic mass is 10.0. The van der Waals surface area contributed by atoms with Crippen LogP contribution in [0.5, 0.6) is 11.5 Å². The normalized spacial score (nSPS) is 20.2. The molecule has 1 fully saturated rings. The number of nitro benzene ring substituents is 2. The van der Waals surface area contributed by atoms with Crippen molar-refractivity contribution in [3.8, 4) is 11.5 Å². The van der Waals surface area contributed by atoms with Gasteiger partial charge in [-0.2, -0.15) is 5.06 Å². The van der Waals surface area contributed by atoms with Crippen LogP contribution in [0.4, 0.5) is 11.4 Å². The van der Waals surface area contributed by atoms with Crippen molar-refractivity contribution in [2.24, 2.45) is 0 Å². The van der Waals surface area contributed by atoms with Crippen LogP contribution in [0.1, 0.15) is 36.1 Å². The van der Waals surface area contributed by atoms with E-state index in [0.29, 0.717) is 24.0 Å². The molecule has 0 saturated carbocycles. The molecule has 136 valence electrons. The zero-order chi connectivity index (χ0) is 19.0. The molecule has 2 aromatic rings. The molecule has 0 bridgehead atoms. The van der Waals surface area contributed by atoms with Crippen molar-refractivity contribution >= 4 is 11.4 Å². The van der Waals surface area contributed by atoms with Crippen LogP contribution in [-0.4, -0.2) is 30.3 Å². The molecule has 2 atom stereocenters. The summed E-state index contributed by atoms with van der Waals surface area (Å²) in [5.41, 5.74) is -0.0141. The highest BCUT2D eigenvalue weighted by molar-refractivity contribution is 5.50. The molecule has 0 radical (unpaired) electrons. The highest BCUT2D eigenvalue weighted by Crippen LogP contribution is 2.45. The summed E-state index contributed by atoms with van der Waals surface area (Å²) in [7, 11) is 0. The van der Waals surface area contributed by atoms with Gasteiger partial charge in [-0.1, -0.05) is 12.1 Å². The number of hydroxylamine groups is 2. The van der Waals surface area contributed by atoms with Crippen molar-refractivity contribution in [1.82, 2.24) is 5.06 Å². The molecular formula is C16H15N3O7. The van der Waals surface area contributed by atoms with E-state index in [9.17, 15) is 35.6 Å². The lowest BCUT2D eigenvalue weighted by Gasteiger charge is -2.24. The quantitative estimate of drug-likeness (QED) is 0.555.